The van der Waals surface area contributed by atoms with Crippen molar-refractivity contribution in [3.05, 3.63) is 35.4 Å². The molecule has 0 radical (unpaired) electrons. The number of piperidine rings is 1. The predicted octanol–water partition coefficient (Wildman–Crippen LogP) is 3.44. The SMILES string of the molecule is CCC(=O)N1CCC(NCc2ccc(C(F)(F)F)cc2)C(C)C1. The Hall–Kier alpha value is -1.56. The normalized spacial score (nSPS) is 22.2. The molecule has 1 saturated heterocycles. The maximum Gasteiger partial charge on any atom is 0.416 e. The van der Waals surface area contributed by atoms with Gasteiger partial charge >= 0.3 is 6.18 Å². The molecule has 0 saturated carbocycles. The van der Waals surface area contributed by atoms with Crippen molar-refractivity contribution in [3.8, 4) is 0 Å². The van der Waals surface area contributed by atoms with Crippen LogP contribution in [0.15, 0.2) is 24.3 Å². The quantitative estimate of drug-likeness (QED) is 0.918. The number of likely N-dealkylation sites (tertiary alicyclic amines) is 1. The summed E-state index contributed by atoms with van der Waals surface area (Å²) in [7, 11) is 0. The number of hydrogen-bond acceptors (Lipinski definition) is 2. The van der Waals surface area contributed by atoms with E-state index < -0.39 is 11.7 Å². The zero-order valence-corrected chi connectivity index (χ0v) is 13.5. The number of amides is 1. The summed E-state index contributed by atoms with van der Waals surface area (Å²) in [6, 6.07) is 5.52. The number of halogens is 3. The van der Waals surface area contributed by atoms with Gasteiger partial charge in [0.2, 0.25) is 5.91 Å². The maximum absolute atomic E-state index is 12.5. The van der Waals surface area contributed by atoms with Crippen LogP contribution in [0, 0.1) is 5.92 Å². The van der Waals surface area contributed by atoms with Crippen LogP contribution in [0.1, 0.15) is 37.8 Å². The lowest BCUT2D eigenvalue weighted by Gasteiger charge is -2.37. The monoisotopic (exact) mass is 328 g/mol. The van der Waals surface area contributed by atoms with E-state index in [2.05, 4.69) is 12.2 Å². The minimum Gasteiger partial charge on any atom is -0.342 e. The van der Waals surface area contributed by atoms with E-state index in [-0.39, 0.29) is 11.9 Å². The second-order valence-corrected chi connectivity index (χ2v) is 6.14. The topological polar surface area (TPSA) is 32.3 Å². The van der Waals surface area contributed by atoms with Gasteiger partial charge in [0.15, 0.2) is 0 Å². The third kappa shape index (κ3) is 4.70. The van der Waals surface area contributed by atoms with Crippen molar-refractivity contribution in [1.29, 1.82) is 0 Å². The first-order chi connectivity index (χ1) is 10.8. The molecule has 1 amide bonds. The molecule has 0 spiro atoms. The second kappa shape index (κ2) is 7.34. The highest BCUT2D eigenvalue weighted by atomic mass is 19.4. The summed E-state index contributed by atoms with van der Waals surface area (Å²) in [6.07, 6.45) is -2.90. The van der Waals surface area contributed by atoms with E-state index in [0.29, 0.717) is 18.9 Å². The van der Waals surface area contributed by atoms with Gasteiger partial charge in [-0.2, -0.15) is 13.2 Å². The average molecular weight is 328 g/mol. The summed E-state index contributed by atoms with van der Waals surface area (Å²) in [5.74, 6) is 0.506. The van der Waals surface area contributed by atoms with Crippen LogP contribution in [0.2, 0.25) is 0 Å². The third-order valence-electron chi connectivity index (χ3n) is 4.41. The number of carbonyl (C=O) groups excluding carboxylic acids is 1. The van der Waals surface area contributed by atoms with Crippen LogP contribution in [0.3, 0.4) is 0 Å². The molecule has 2 rings (SSSR count). The Labute approximate surface area is 134 Å². The Morgan fingerprint density at radius 1 is 1.30 bits per heavy atom. The molecule has 128 valence electrons. The van der Waals surface area contributed by atoms with Crippen molar-refractivity contribution in [1.82, 2.24) is 10.2 Å². The number of carbonyl (C=O) groups is 1. The zero-order valence-electron chi connectivity index (χ0n) is 13.5. The number of benzene rings is 1. The van der Waals surface area contributed by atoms with Gasteiger partial charge in [-0.25, -0.2) is 0 Å². The van der Waals surface area contributed by atoms with Gasteiger partial charge in [0.1, 0.15) is 0 Å². The van der Waals surface area contributed by atoms with E-state index in [1.165, 1.54) is 12.1 Å². The molecule has 1 fully saturated rings. The third-order valence-corrected chi connectivity index (χ3v) is 4.41. The average Bonchev–Trinajstić information content (AvgIpc) is 2.52. The molecule has 1 aliphatic rings. The van der Waals surface area contributed by atoms with E-state index >= 15 is 0 Å². The number of nitrogens with zero attached hydrogens (tertiary/aromatic N) is 1. The standard InChI is InChI=1S/C17H23F3N2O/c1-3-16(23)22-9-8-15(12(2)11-22)21-10-13-4-6-14(7-5-13)17(18,19)20/h4-7,12,15,21H,3,8-11H2,1-2H3. The summed E-state index contributed by atoms with van der Waals surface area (Å²) in [4.78, 5) is 13.6. The van der Waals surface area contributed by atoms with Crippen LogP contribution >= 0.6 is 0 Å². The lowest BCUT2D eigenvalue weighted by Crippen LogP contribution is -2.49. The Balaban J connectivity index is 1.86. The number of alkyl halides is 3. The molecule has 6 heteroatoms. The van der Waals surface area contributed by atoms with Gasteiger partial charge in [-0.3, -0.25) is 4.79 Å². The van der Waals surface area contributed by atoms with Gasteiger partial charge in [-0.1, -0.05) is 26.0 Å². The van der Waals surface area contributed by atoms with Crippen LogP contribution in [-0.4, -0.2) is 29.9 Å². The van der Waals surface area contributed by atoms with Crippen molar-refractivity contribution in [2.75, 3.05) is 13.1 Å². The van der Waals surface area contributed by atoms with Crippen molar-refractivity contribution in [3.63, 3.8) is 0 Å². The van der Waals surface area contributed by atoms with E-state index in [9.17, 15) is 18.0 Å². The molecule has 0 aromatic heterocycles. The molecular formula is C17H23F3N2O. The van der Waals surface area contributed by atoms with Crippen molar-refractivity contribution in [2.24, 2.45) is 5.92 Å². The number of hydrogen-bond donors (Lipinski definition) is 1. The molecule has 1 aromatic carbocycles. The molecule has 2 unspecified atom stereocenters. The second-order valence-electron chi connectivity index (χ2n) is 6.14. The summed E-state index contributed by atoms with van der Waals surface area (Å²) in [5, 5.41) is 3.40. The molecule has 1 aromatic rings. The Kier molecular flexibility index (Phi) is 5.68. The number of nitrogens with one attached hydrogen (secondary N) is 1. The molecule has 1 heterocycles. The molecule has 0 bridgehead atoms. The van der Waals surface area contributed by atoms with Gasteiger partial charge in [0.05, 0.1) is 5.56 Å². The summed E-state index contributed by atoms with van der Waals surface area (Å²) in [6.45, 7) is 5.97. The van der Waals surface area contributed by atoms with Gasteiger partial charge in [0, 0.05) is 32.1 Å². The molecular weight excluding hydrogens is 305 g/mol. The molecule has 2 atom stereocenters. The minimum absolute atomic E-state index is 0.179. The van der Waals surface area contributed by atoms with Crippen molar-refractivity contribution >= 4 is 5.91 Å². The fraction of sp³-hybridized carbons (Fsp3) is 0.588. The molecule has 1 N–H and O–H groups in total. The molecule has 23 heavy (non-hydrogen) atoms. The van der Waals surface area contributed by atoms with E-state index in [1.807, 2.05) is 11.8 Å². The van der Waals surface area contributed by atoms with E-state index in [1.54, 1.807) is 0 Å². The fourth-order valence-corrected chi connectivity index (χ4v) is 2.96. The minimum atomic E-state index is -4.29. The summed E-state index contributed by atoms with van der Waals surface area (Å²) < 4.78 is 37.6. The maximum atomic E-state index is 12.5. The number of rotatable bonds is 4. The van der Waals surface area contributed by atoms with Crippen molar-refractivity contribution < 1.29 is 18.0 Å². The highest BCUT2D eigenvalue weighted by Gasteiger charge is 2.30. The smallest absolute Gasteiger partial charge is 0.342 e. The van der Waals surface area contributed by atoms with Gasteiger partial charge < -0.3 is 10.2 Å². The highest BCUT2D eigenvalue weighted by Crippen LogP contribution is 2.29. The van der Waals surface area contributed by atoms with Crippen LogP contribution in [0.5, 0.6) is 0 Å². The first kappa shape index (κ1) is 17.8. The zero-order chi connectivity index (χ0) is 17.0. The Morgan fingerprint density at radius 2 is 1.96 bits per heavy atom. The van der Waals surface area contributed by atoms with Crippen LogP contribution in [-0.2, 0) is 17.5 Å². The Morgan fingerprint density at radius 3 is 2.48 bits per heavy atom. The highest BCUT2D eigenvalue weighted by molar-refractivity contribution is 5.75. The van der Waals surface area contributed by atoms with E-state index in [4.69, 9.17) is 0 Å². The van der Waals surface area contributed by atoms with Gasteiger partial charge in [0.25, 0.3) is 0 Å². The summed E-state index contributed by atoms with van der Waals surface area (Å²) >= 11 is 0. The van der Waals surface area contributed by atoms with Crippen LogP contribution in [0.4, 0.5) is 13.2 Å². The first-order valence-corrected chi connectivity index (χ1v) is 7.98. The molecule has 1 aliphatic heterocycles. The van der Waals surface area contributed by atoms with Gasteiger partial charge in [-0.15, -0.1) is 0 Å². The largest absolute Gasteiger partial charge is 0.416 e. The molecule has 0 aliphatic carbocycles. The van der Waals surface area contributed by atoms with Gasteiger partial charge in [-0.05, 0) is 30.0 Å². The Bertz CT molecular complexity index is 528. The first-order valence-electron chi connectivity index (χ1n) is 7.98. The van der Waals surface area contributed by atoms with Crippen LogP contribution < -0.4 is 5.32 Å². The fourth-order valence-electron chi connectivity index (χ4n) is 2.96. The van der Waals surface area contributed by atoms with E-state index in [0.717, 1.165) is 37.2 Å². The van der Waals surface area contributed by atoms with Crippen LogP contribution in [0.25, 0.3) is 0 Å². The lowest BCUT2D eigenvalue weighted by atomic mass is 9.93. The molecule has 3 nitrogen and oxygen atoms in total. The predicted molar refractivity (Wildman–Crippen MR) is 82.7 cm³/mol. The van der Waals surface area contributed by atoms with Crippen molar-refractivity contribution in [2.45, 2.75) is 45.5 Å². The lowest BCUT2D eigenvalue weighted by molar-refractivity contribution is -0.137. The summed E-state index contributed by atoms with van der Waals surface area (Å²) in [5.41, 5.74) is 0.207.